The van der Waals surface area contributed by atoms with Crippen molar-refractivity contribution in [3.05, 3.63) is 84.4 Å². The lowest BCUT2D eigenvalue weighted by Crippen LogP contribution is -2.11. The molecule has 4 rings (SSSR count). The largest absolute Gasteiger partial charge is 0.322 e. The molecular weight excluding hydrogens is 316 g/mol. The number of hydrogen-bond donors (Lipinski definition) is 1. The van der Waals surface area contributed by atoms with Gasteiger partial charge in [0.2, 0.25) is 0 Å². The summed E-state index contributed by atoms with van der Waals surface area (Å²) >= 11 is 1.65. The number of aromatic nitrogens is 1. The lowest BCUT2D eigenvalue weighted by atomic mass is 10.2. The van der Waals surface area contributed by atoms with E-state index in [4.69, 9.17) is 0 Å². The molecule has 0 fully saturated rings. The zero-order valence-electron chi connectivity index (χ0n) is 12.8. The van der Waals surface area contributed by atoms with Crippen molar-refractivity contribution in [2.24, 2.45) is 0 Å². The van der Waals surface area contributed by atoms with Gasteiger partial charge < -0.3 is 5.32 Å². The first-order valence-electron chi connectivity index (χ1n) is 7.62. The predicted octanol–water partition coefficient (Wildman–Crippen LogP) is 5.22. The maximum atomic E-state index is 12.3. The summed E-state index contributed by atoms with van der Waals surface area (Å²) in [6, 6.07) is 25.1. The normalized spacial score (nSPS) is 10.7. The van der Waals surface area contributed by atoms with Crippen LogP contribution in [0.5, 0.6) is 0 Å². The Morgan fingerprint density at radius 3 is 2.50 bits per heavy atom. The van der Waals surface area contributed by atoms with Gasteiger partial charge in [-0.3, -0.25) is 4.79 Å². The third kappa shape index (κ3) is 2.92. The van der Waals surface area contributed by atoms with Crippen molar-refractivity contribution in [1.29, 1.82) is 0 Å². The average molecular weight is 330 g/mol. The molecule has 24 heavy (non-hydrogen) atoms. The molecule has 1 amide bonds. The Hall–Kier alpha value is -2.98. The van der Waals surface area contributed by atoms with Gasteiger partial charge in [0, 0.05) is 16.8 Å². The van der Waals surface area contributed by atoms with Crippen molar-refractivity contribution in [3.63, 3.8) is 0 Å². The molecule has 0 aliphatic heterocycles. The van der Waals surface area contributed by atoms with Gasteiger partial charge in [-0.1, -0.05) is 42.5 Å². The van der Waals surface area contributed by atoms with E-state index in [9.17, 15) is 4.79 Å². The minimum atomic E-state index is -0.114. The van der Waals surface area contributed by atoms with Crippen LogP contribution >= 0.6 is 11.3 Å². The van der Waals surface area contributed by atoms with Gasteiger partial charge in [0.1, 0.15) is 5.01 Å². The fourth-order valence-electron chi connectivity index (χ4n) is 2.52. The first-order chi connectivity index (χ1) is 11.8. The van der Waals surface area contributed by atoms with E-state index in [1.165, 1.54) is 0 Å². The summed E-state index contributed by atoms with van der Waals surface area (Å²) in [6.45, 7) is 0. The second-order valence-corrected chi connectivity index (χ2v) is 6.42. The van der Waals surface area contributed by atoms with Gasteiger partial charge in [-0.2, -0.15) is 0 Å². The highest BCUT2D eigenvalue weighted by atomic mass is 32.1. The highest BCUT2D eigenvalue weighted by molar-refractivity contribution is 7.21. The van der Waals surface area contributed by atoms with Crippen LogP contribution in [0.2, 0.25) is 0 Å². The van der Waals surface area contributed by atoms with E-state index < -0.39 is 0 Å². The number of thiazole rings is 1. The van der Waals surface area contributed by atoms with E-state index in [0.717, 1.165) is 26.5 Å². The molecule has 0 saturated carbocycles. The lowest BCUT2D eigenvalue weighted by Gasteiger charge is -2.06. The molecule has 0 aliphatic rings. The van der Waals surface area contributed by atoms with Gasteiger partial charge in [0.25, 0.3) is 5.91 Å². The predicted molar refractivity (Wildman–Crippen MR) is 99.5 cm³/mol. The van der Waals surface area contributed by atoms with Gasteiger partial charge in [-0.25, -0.2) is 4.98 Å². The zero-order valence-corrected chi connectivity index (χ0v) is 13.6. The fourth-order valence-corrected chi connectivity index (χ4v) is 3.48. The Balaban J connectivity index is 1.63. The highest BCUT2D eigenvalue weighted by Gasteiger charge is 2.09. The molecule has 0 saturated heterocycles. The molecule has 0 aliphatic carbocycles. The number of anilines is 1. The smallest absolute Gasteiger partial charge is 0.255 e. The van der Waals surface area contributed by atoms with Crippen LogP contribution < -0.4 is 5.32 Å². The van der Waals surface area contributed by atoms with Crippen LogP contribution in [-0.2, 0) is 0 Å². The molecule has 4 heteroatoms. The number of nitrogens with zero attached hydrogens (tertiary/aromatic N) is 1. The van der Waals surface area contributed by atoms with Gasteiger partial charge in [0.05, 0.1) is 10.2 Å². The molecule has 0 atom stereocenters. The molecule has 4 aromatic rings. The van der Waals surface area contributed by atoms with E-state index in [2.05, 4.69) is 16.4 Å². The van der Waals surface area contributed by atoms with Crippen LogP contribution in [0.1, 0.15) is 10.4 Å². The molecule has 116 valence electrons. The van der Waals surface area contributed by atoms with Gasteiger partial charge >= 0.3 is 0 Å². The molecule has 1 N–H and O–H groups in total. The molecule has 1 heterocycles. The number of para-hydroxylation sites is 1. The Kier molecular flexibility index (Phi) is 3.81. The molecule has 1 aromatic heterocycles. The second kappa shape index (κ2) is 6.26. The Bertz CT molecular complexity index is 975. The summed E-state index contributed by atoms with van der Waals surface area (Å²) in [5, 5.41) is 3.89. The molecule has 0 radical (unpaired) electrons. The average Bonchev–Trinajstić information content (AvgIpc) is 3.07. The Morgan fingerprint density at radius 2 is 1.67 bits per heavy atom. The van der Waals surface area contributed by atoms with E-state index in [1.807, 2.05) is 60.7 Å². The second-order valence-electron chi connectivity index (χ2n) is 5.39. The molecule has 3 aromatic carbocycles. The third-order valence-electron chi connectivity index (χ3n) is 3.70. The summed E-state index contributed by atoms with van der Waals surface area (Å²) in [5.74, 6) is -0.114. The minimum absolute atomic E-state index is 0.114. The quantitative estimate of drug-likeness (QED) is 0.560. The molecule has 3 nitrogen and oxygen atoms in total. The minimum Gasteiger partial charge on any atom is -0.322 e. The van der Waals surface area contributed by atoms with Crippen molar-refractivity contribution >= 4 is 33.1 Å². The molecule has 0 bridgehead atoms. The van der Waals surface area contributed by atoms with E-state index in [0.29, 0.717) is 5.56 Å². The Labute approximate surface area is 143 Å². The molecule has 0 unspecified atom stereocenters. The first kappa shape index (κ1) is 14.6. The standard InChI is InChI=1S/C20H14N2OS/c23-19(14-7-2-1-3-8-14)21-16-10-6-9-15(13-16)20-22-17-11-4-5-12-18(17)24-20/h1-13H,(H,21,23). The monoisotopic (exact) mass is 330 g/mol. The van der Waals surface area contributed by atoms with Crippen molar-refractivity contribution in [2.45, 2.75) is 0 Å². The van der Waals surface area contributed by atoms with E-state index in [-0.39, 0.29) is 5.91 Å². The maximum absolute atomic E-state index is 12.3. The highest BCUT2D eigenvalue weighted by Crippen LogP contribution is 2.31. The van der Waals surface area contributed by atoms with Crippen LogP contribution in [0.4, 0.5) is 5.69 Å². The van der Waals surface area contributed by atoms with Crippen molar-refractivity contribution in [3.8, 4) is 10.6 Å². The number of carbonyl (C=O) groups is 1. The topological polar surface area (TPSA) is 42.0 Å². The summed E-state index contributed by atoms with van der Waals surface area (Å²) in [6.07, 6.45) is 0. The summed E-state index contributed by atoms with van der Waals surface area (Å²) in [7, 11) is 0. The van der Waals surface area contributed by atoms with Crippen LogP contribution in [-0.4, -0.2) is 10.9 Å². The number of fused-ring (bicyclic) bond motifs is 1. The summed E-state index contributed by atoms with van der Waals surface area (Å²) in [5.41, 5.74) is 3.40. The van der Waals surface area contributed by atoms with Crippen LogP contribution in [0.15, 0.2) is 78.9 Å². The zero-order chi connectivity index (χ0) is 16.4. The van der Waals surface area contributed by atoms with Gasteiger partial charge in [-0.05, 0) is 36.4 Å². The molecule has 0 spiro atoms. The van der Waals surface area contributed by atoms with Crippen molar-refractivity contribution in [2.75, 3.05) is 5.32 Å². The number of benzene rings is 3. The SMILES string of the molecule is O=C(Nc1cccc(-c2nc3ccccc3s2)c1)c1ccccc1. The van der Waals surface area contributed by atoms with Crippen molar-refractivity contribution < 1.29 is 4.79 Å². The summed E-state index contributed by atoms with van der Waals surface area (Å²) in [4.78, 5) is 16.9. The maximum Gasteiger partial charge on any atom is 0.255 e. The number of hydrogen-bond acceptors (Lipinski definition) is 3. The van der Waals surface area contributed by atoms with Crippen LogP contribution in [0.3, 0.4) is 0 Å². The van der Waals surface area contributed by atoms with Crippen molar-refractivity contribution in [1.82, 2.24) is 4.98 Å². The number of amides is 1. The third-order valence-corrected chi connectivity index (χ3v) is 4.78. The fraction of sp³-hybridized carbons (Fsp3) is 0. The summed E-state index contributed by atoms with van der Waals surface area (Å²) < 4.78 is 1.16. The van der Waals surface area contributed by atoms with Gasteiger partial charge in [0.15, 0.2) is 0 Å². The van der Waals surface area contributed by atoms with E-state index in [1.54, 1.807) is 23.5 Å². The van der Waals surface area contributed by atoms with Gasteiger partial charge in [-0.15, -0.1) is 11.3 Å². The van der Waals surface area contributed by atoms with E-state index >= 15 is 0 Å². The lowest BCUT2D eigenvalue weighted by molar-refractivity contribution is 0.102. The molecular formula is C20H14N2OS. The Morgan fingerprint density at radius 1 is 0.875 bits per heavy atom. The number of rotatable bonds is 3. The number of carbonyl (C=O) groups excluding carboxylic acids is 1. The van der Waals surface area contributed by atoms with Crippen LogP contribution in [0, 0.1) is 0 Å². The number of nitrogens with one attached hydrogen (secondary N) is 1. The first-order valence-corrected chi connectivity index (χ1v) is 8.44. The van der Waals surface area contributed by atoms with Crippen LogP contribution in [0.25, 0.3) is 20.8 Å².